The number of aromatic nitrogens is 3. The third kappa shape index (κ3) is 2.83. The maximum Gasteiger partial charge on any atom is 0.226 e. The Balaban J connectivity index is 1.62. The molecule has 5 nitrogen and oxygen atoms in total. The van der Waals surface area contributed by atoms with Crippen molar-refractivity contribution in [3.63, 3.8) is 0 Å². The fourth-order valence-corrected chi connectivity index (χ4v) is 4.36. The lowest BCUT2D eigenvalue weighted by atomic mass is 9.78. The zero-order chi connectivity index (χ0) is 19.3. The number of allylic oxidation sites excluding steroid dienone is 2. The van der Waals surface area contributed by atoms with E-state index in [9.17, 15) is 4.79 Å². The first kappa shape index (κ1) is 17.2. The van der Waals surface area contributed by atoms with Gasteiger partial charge in [-0.15, -0.1) is 0 Å². The molecule has 0 saturated heterocycles. The molecule has 0 amide bonds. The fourth-order valence-electron chi connectivity index (χ4n) is 4.23. The van der Waals surface area contributed by atoms with Gasteiger partial charge in [-0.1, -0.05) is 54.1 Å². The first-order valence-electron chi connectivity index (χ1n) is 9.37. The van der Waals surface area contributed by atoms with E-state index in [0.29, 0.717) is 23.2 Å². The fraction of sp³-hybridized carbons (Fsp3) is 0.227. The highest BCUT2D eigenvalue weighted by molar-refractivity contribution is 6.30. The number of anilines is 1. The molecule has 0 saturated carbocycles. The Morgan fingerprint density at radius 3 is 2.54 bits per heavy atom. The minimum absolute atomic E-state index is 0.154. The second kappa shape index (κ2) is 6.60. The molecule has 1 N–H and O–H groups in total. The third-order valence-electron chi connectivity index (χ3n) is 5.48. The average Bonchev–Trinajstić information content (AvgIpc) is 3.07. The number of fused-ring (bicyclic) bond motifs is 1. The number of hydrogen-bond acceptors (Lipinski definition) is 4. The smallest absolute Gasteiger partial charge is 0.226 e. The summed E-state index contributed by atoms with van der Waals surface area (Å²) in [6.07, 6.45) is 1.28. The minimum atomic E-state index is -0.283. The molecule has 6 heteroatoms. The molecule has 28 heavy (non-hydrogen) atoms. The number of halogens is 1. The van der Waals surface area contributed by atoms with Crippen LogP contribution in [0, 0.1) is 6.92 Å². The number of Topliss-reactive ketones (excluding diaryl/α,β-unsaturated/α-hetero) is 1. The Morgan fingerprint density at radius 2 is 1.79 bits per heavy atom. The molecule has 2 heterocycles. The highest BCUT2D eigenvalue weighted by Crippen LogP contribution is 2.44. The highest BCUT2D eigenvalue weighted by atomic mass is 35.5. The van der Waals surface area contributed by atoms with E-state index in [4.69, 9.17) is 11.6 Å². The molecule has 0 radical (unpaired) electrons. The predicted molar refractivity (Wildman–Crippen MR) is 108 cm³/mol. The first-order valence-corrected chi connectivity index (χ1v) is 9.75. The van der Waals surface area contributed by atoms with Crippen molar-refractivity contribution in [1.29, 1.82) is 0 Å². The van der Waals surface area contributed by atoms with Gasteiger partial charge in [0.15, 0.2) is 5.78 Å². The maximum atomic E-state index is 13.3. The SMILES string of the molecule is Cc1nc2n(n1)[C@H](c1ccc(Cl)cc1)C1=C(C[C@@H](c3ccccc3)CC1=O)N2. The first-order chi connectivity index (χ1) is 13.6. The van der Waals surface area contributed by atoms with E-state index in [1.807, 2.05) is 54.1 Å². The molecule has 2 aromatic carbocycles. The Labute approximate surface area is 168 Å². The van der Waals surface area contributed by atoms with E-state index < -0.39 is 0 Å². The van der Waals surface area contributed by atoms with Crippen molar-refractivity contribution >= 4 is 23.3 Å². The molecular weight excluding hydrogens is 372 g/mol. The summed E-state index contributed by atoms with van der Waals surface area (Å²) in [4.78, 5) is 17.8. The van der Waals surface area contributed by atoms with Gasteiger partial charge in [0.1, 0.15) is 11.9 Å². The van der Waals surface area contributed by atoms with Crippen molar-refractivity contribution in [2.75, 3.05) is 5.32 Å². The van der Waals surface area contributed by atoms with Gasteiger partial charge >= 0.3 is 0 Å². The highest BCUT2D eigenvalue weighted by Gasteiger charge is 2.39. The van der Waals surface area contributed by atoms with E-state index in [0.717, 1.165) is 23.3 Å². The molecule has 0 fully saturated rings. The van der Waals surface area contributed by atoms with Gasteiger partial charge in [0.2, 0.25) is 5.95 Å². The zero-order valence-corrected chi connectivity index (χ0v) is 16.1. The van der Waals surface area contributed by atoms with E-state index in [-0.39, 0.29) is 17.7 Å². The Kier molecular flexibility index (Phi) is 4.05. The van der Waals surface area contributed by atoms with Crippen LogP contribution < -0.4 is 5.32 Å². The van der Waals surface area contributed by atoms with Crippen LogP contribution in [0.5, 0.6) is 0 Å². The van der Waals surface area contributed by atoms with Crippen molar-refractivity contribution in [3.05, 3.63) is 87.8 Å². The quantitative estimate of drug-likeness (QED) is 0.691. The van der Waals surface area contributed by atoms with Gasteiger partial charge in [-0.25, -0.2) is 4.68 Å². The van der Waals surface area contributed by atoms with Crippen LogP contribution in [0.3, 0.4) is 0 Å². The standard InChI is InChI=1S/C22H19ClN4O/c1-13-24-22-25-18-11-16(14-5-3-2-4-6-14)12-19(28)20(18)21(27(22)26-13)15-7-9-17(23)10-8-15/h2-10,16,21H,11-12H2,1H3,(H,24,25,26)/t16-,21-/m1/s1. The Hall–Kier alpha value is -2.92. The molecule has 0 spiro atoms. The van der Waals surface area contributed by atoms with Gasteiger partial charge < -0.3 is 5.32 Å². The molecule has 0 unspecified atom stereocenters. The number of carbonyl (C=O) groups excluding carboxylic acids is 1. The van der Waals surface area contributed by atoms with Crippen molar-refractivity contribution in [2.45, 2.75) is 31.7 Å². The number of rotatable bonds is 2. The van der Waals surface area contributed by atoms with E-state index in [2.05, 4.69) is 27.5 Å². The van der Waals surface area contributed by atoms with Crippen molar-refractivity contribution in [1.82, 2.24) is 14.8 Å². The van der Waals surface area contributed by atoms with Gasteiger partial charge in [0.05, 0.1) is 0 Å². The molecule has 1 aliphatic heterocycles. The summed E-state index contributed by atoms with van der Waals surface area (Å²) in [5, 5.41) is 8.61. The van der Waals surface area contributed by atoms with Gasteiger partial charge in [0.25, 0.3) is 0 Å². The number of benzene rings is 2. The number of carbonyl (C=O) groups is 1. The van der Waals surface area contributed by atoms with Crippen molar-refractivity contribution < 1.29 is 4.79 Å². The third-order valence-corrected chi connectivity index (χ3v) is 5.73. The van der Waals surface area contributed by atoms with E-state index >= 15 is 0 Å². The number of ketones is 1. The van der Waals surface area contributed by atoms with Crippen LogP contribution in [0.1, 0.15) is 41.8 Å². The zero-order valence-electron chi connectivity index (χ0n) is 15.4. The Bertz CT molecular complexity index is 1090. The summed E-state index contributed by atoms with van der Waals surface area (Å²) in [5.41, 5.74) is 3.91. The maximum absolute atomic E-state index is 13.3. The lowest BCUT2D eigenvalue weighted by molar-refractivity contribution is -0.116. The number of aryl methyl sites for hydroxylation is 1. The monoisotopic (exact) mass is 390 g/mol. The largest absolute Gasteiger partial charge is 0.328 e. The van der Waals surface area contributed by atoms with Crippen LogP contribution in [0.4, 0.5) is 5.95 Å². The van der Waals surface area contributed by atoms with Crippen LogP contribution in [0.25, 0.3) is 0 Å². The van der Waals surface area contributed by atoms with Gasteiger partial charge in [-0.2, -0.15) is 10.1 Å². The normalized spacial score (nSPS) is 21.1. The topological polar surface area (TPSA) is 59.8 Å². The van der Waals surface area contributed by atoms with Gasteiger partial charge in [-0.3, -0.25) is 4.79 Å². The van der Waals surface area contributed by atoms with Gasteiger partial charge in [0, 0.05) is 22.7 Å². The summed E-state index contributed by atoms with van der Waals surface area (Å²) in [5.74, 6) is 1.67. The molecule has 5 rings (SSSR count). The second-order valence-corrected chi connectivity index (χ2v) is 7.77. The predicted octanol–water partition coefficient (Wildman–Crippen LogP) is 4.66. The van der Waals surface area contributed by atoms with E-state index in [1.54, 1.807) is 0 Å². The summed E-state index contributed by atoms with van der Waals surface area (Å²) in [7, 11) is 0. The van der Waals surface area contributed by atoms with Crippen LogP contribution in [-0.4, -0.2) is 20.5 Å². The van der Waals surface area contributed by atoms with Crippen LogP contribution >= 0.6 is 11.6 Å². The van der Waals surface area contributed by atoms with Crippen molar-refractivity contribution in [2.24, 2.45) is 0 Å². The molecule has 3 aromatic rings. The molecule has 140 valence electrons. The van der Waals surface area contributed by atoms with Crippen molar-refractivity contribution in [3.8, 4) is 0 Å². The van der Waals surface area contributed by atoms with Crippen LogP contribution in [0.2, 0.25) is 5.02 Å². The number of hydrogen-bond donors (Lipinski definition) is 1. The summed E-state index contributed by atoms with van der Waals surface area (Å²) in [6.45, 7) is 1.86. The lowest BCUT2D eigenvalue weighted by Crippen LogP contribution is -2.33. The van der Waals surface area contributed by atoms with E-state index in [1.165, 1.54) is 5.56 Å². The number of nitrogens with zero attached hydrogens (tertiary/aromatic N) is 3. The summed E-state index contributed by atoms with van der Waals surface area (Å²) in [6, 6.07) is 17.6. The Morgan fingerprint density at radius 1 is 1.04 bits per heavy atom. The molecule has 1 aromatic heterocycles. The average molecular weight is 391 g/mol. The van der Waals surface area contributed by atoms with Gasteiger partial charge in [-0.05, 0) is 42.5 Å². The molecular formula is C22H19ClN4O. The van der Waals surface area contributed by atoms with Crippen LogP contribution in [-0.2, 0) is 4.79 Å². The molecule has 2 aliphatic rings. The molecule has 1 aliphatic carbocycles. The number of nitrogens with one attached hydrogen (secondary N) is 1. The van der Waals surface area contributed by atoms with Crippen LogP contribution in [0.15, 0.2) is 65.9 Å². The molecule has 2 atom stereocenters. The summed E-state index contributed by atoms with van der Waals surface area (Å²) >= 11 is 6.08. The lowest BCUT2D eigenvalue weighted by Gasteiger charge is -2.35. The summed E-state index contributed by atoms with van der Waals surface area (Å²) < 4.78 is 1.82. The molecule has 0 bridgehead atoms. The minimum Gasteiger partial charge on any atom is -0.328 e. The second-order valence-electron chi connectivity index (χ2n) is 7.34.